The molecule has 2 saturated heterocycles. The molecule has 6 heteroatoms. The molecule has 2 atom stereocenters. The summed E-state index contributed by atoms with van der Waals surface area (Å²) in [5.74, 6) is -0.267. The van der Waals surface area contributed by atoms with Gasteiger partial charge in [-0.3, -0.25) is 14.4 Å². The lowest BCUT2D eigenvalue weighted by molar-refractivity contribution is -0.152. The van der Waals surface area contributed by atoms with Gasteiger partial charge < -0.3 is 15.1 Å². The highest BCUT2D eigenvalue weighted by molar-refractivity contribution is 5.95. The minimum atomic E-state index is -0.565. The second-order valence-corrected chi connectivity index (χ2v) is 8.35. The second kappa shape index (κ2) is 8.92. The fourth-order valence-electron chi connectivity index (χ4n) is 4.61. The number of benzene rings is 2. The third-order valence-electron chi connectivity index (χ3n) is 6.30. The Morgan fingerprint density at radius 1 is 1.10 bits per heavy atom. The van der Waals surface area contributed by atoms with Crippen LogP contribution in [0.1, 0.15) is 30.9 Å². The van der Waals surface area contributed by atoms with Crippen LogP contribution >= 0.6 is 0 Å². The summed E-state index contributed by atoms with van der Waals surface area (Å²) in [5.41, 5.74) is 4.39. The van der Waals surface area contributed by atoms with Gasteiger partial charge in [-0.05, 0) is 37.0 Å². The summed E-state index contributed by atoms with van der Waals surface area (Å²) in [4.78, 5) is 41.7. The molecule has 0 saturated carbocycles. The molecule has 1 N–H and O–H groups in total. The topological polar surface area (TPSA) is 69.7 Å². The van der Waals surface area contributed by atoms with E-state index >= 15 is 0 Å². The van der Waals surface area contributed by atoms with Crippen LogP contribution in [0.25, 0.3) is 11.1 Å². The average Bonchev–Trinajstić information content (AvgIpc) is 3.21. The SMILES string of the molecule is CCN1CCN(C(=O)[C@@H]2CCC(=O)N2)[C@H](Cc2ccccc2-c2cccc(C)c2)C1=O. The van der Waals surface area contributed by atoms with E-state index in [1.807, 2.05) is 36.1 Å². The number of carbonyl (C=O) groups excluding carboxylic acids is 3. The lowest BCUT2D eigenvalue weighted by Crippen LogP contribution is -2.62. The van der Waals surface area contributed by atoms with Crippen LogP contribution < -0.4 is 5.32 Å². The van der Waals surface area contributed by atoms with E-state index in [-0.39, 0.29) is 17.7 Å². The highest BCUT2D eigenvalue weighted by atomic mass is 16.2. The van der Waals surface area contributed by atoms with Crippen molar-refractivity contribution in [3.8, 4) is 11.1 Å². The molecule has 2 aliphatic heterocycles. The van der Waals surface area contributed by atoms with Crippen molar-refractivity contribution in [1.29, 1.82) is 0 Å². The molecule has 0 unspecified atom stereocenters. The van der Waals surface area contributed by atoms with Gasteiger partial charge in [0.2, 0.25) is 17.7 Å². The third-order valence-corrected chi connectivity index (χ3v) is 6.30. The number of amides is 3. The van der Waals surface area contributed by atoms with Crippen molar-refractivity contribution < 1.29 is 14.4 Å². The van der Waals surface area contributed by atoms with Crippen molar-refractivity contribution in [3.05, 3.63) is 59.7 Å². The quantitative estimate of drug-likeness (QED) is 0.810. The van der Waals surface area contributed by atoms with Crippen molar-refractivity contribution in [2.75, 3.05) is 19.6 Å². The normalized spacial score (nSPS) is 21.4. The molecule has 2 aromatic rings. The van der Waals surface area contributed by atoms with E-state index in [4.69, 9.17) is 0 Å². The molecule has 6 nitrogen and oxygen atoms in total. The highest BCUT2D eigenvalue weighted by Gasteiger charge is 2.41. The van der Waals surface area contributed by atoms with Crippen LogP contribution in [0.5, 0.6) is 0 Å². The van der Waals surface area contributed by atoms with E-state index in [1.54, 1.807) is 4.90 Å². The number of nitrogens with zero attached hydrogens (tertiary/aromatic N) is 2. The van der Waals surface area contributed by atoms with Crippen LogP contribution in [0.3, 0.4) is 0 Å². The molecule has 2 heterocycles. The summed E-state index contributed by atoms with van der Waals surface area (Å²) in [7, 11) is 0. The van der Waals surface area contributed by atoms with Crippen molar-refractivity contribution in [2.24, 2.45) is 0 Å². The van der Waals surface area contributed by atoms with E-state index in [1.165, 1.54) is 5.56 Å². The monoisotopic (exact) mass is 419 g/mol. The first-order chi connectivity index (χ1) is 15.0. The Labute approximate surface area is 183 Å². The number of likely N-dealkylation sites (N-methyl/N-ethyl adjacent to an activating group) is 1. The Kier molecular flexibility index (Phi) is 6.07. The summed E-state index contributed by atoms with van der Waals surface area (Å²) in [6.07, 6.45) is 1.30. The van der Waals surface area contributed by atoms with Gasteiger partial charge in [0.1, 0.15) is 12.1 Å². The van der Waals surface area contributed by atoms with E-state index in [2.05, 4.69) is 36.5 Å². The van der Waals surface area contributed by atoms with Gasteiger partial charge in [0.15, 0.2) is 0 Å². The molecule has 0 bridgehead atoms. The zero-order valence-corrected chi connectivity index (χ0v) is 18.1. The van der Waals surface area contributed by atoms with Crippen LogP contribution in [0.4, 0.5) is 0 Å². The number of carbonyl (C=O) groups is 3. The standard InChI is InChI=1S/C25H29N3O3/c1-3-27-13-14-28(24(30)21-11-12-23(29)26-21)22(25(27)31)16-19-8-4-5-10-20(19)18-9-6-7-17(2)15-18/h4-10,15,21-22H,3,11-14,16H2,1-2H3,(H,26,29)/t21-,22+/m0/s1. The third kappa shape index (κ3) is 4.33. The minimum absolute atomic E-state index is 0.0227. The number of nitrogens with one attached hydrogen (secondary N) is 1. The maximum Gasteiger partial charge on any atom is 0.245 e. The molecule has 2 fully saturated rings. The van der Waals surface area contributed by atoms with Crippen LogP contribution in [-0.4, -0.2) is 59.2 Å². The summed E-state index contributed by atoms with van der Waals surface area (Å²) in [6.45, 7) is 5.66. The van der Waals surface area contributed by atoms with Gasteiger partial charge in [0.25, 0.3) is 0 Å². The first-order valence-corrected chi connectivity index (χ1v) is 11.0. The number of hydrogen-bond donors (Lipinski definition) is 1. The number of hydrogen-bond acceptors (Lipinski definition) is 3. The Morgan fingerprint density at radius 3 is 2.61 bits per heavy atom. The highest BCUT2D eigenvalue weighted by Crippen LogP contribution is 2.28. The van der Waals surface area contributed by atoms with Crippen molar-refractivity contribution in [2.45, 2.75) is 45.2 Å². The molecular weight excluding hydrogens is 390 g/mol. The average molecular weight is 420 g/mol. The minimum Gasteiger partial charge on any atom is -0.344 e. The second-order valence-electron chi connectivity index (χ2n) is 8.35. The molecule has 31 heavy (non-hydrogen) atoms. The zero-order chi connectivity index (χ0) is 22.0. The van der Waals surface area contributed by atoms with Crippen molar-refractivity contribution >= 4 is 17.7 Å². The number of piperazine rings is 1. The molecule has 0 radical (unpaired) electrons. The lowest BCUT2D eigenvalue weighted by Gasteiger charge is -2.41. The zero-order valence-electron chi connectivity index (χ0n) is 18.1. The number of rotatable bonds is 5. The van der Waals surface area contributed by atoms with Gasteiger partial charge in [0.05, 0.1) is 0 Å². The van der Waals surface area contributed by atoms with Gasteiger partial charge >= 0.3 is 0 Å². The maximum absolute atomic E-state index is 13.3. The lowest BCUT2D eigenvalue weighted by atomic mass is 9.92. The molecule has 0 aromatic heterocycles. The summed E-state index contributed by atoms with van der Waals surface area (Å²) < 4.78 is 0. The number of aryl methyl sites for hydroxylation is 1. The van der Waals surface area contributed by atoms with Crippen molar-refractivity contribution in [3.63, 3.8) is 0 Å². The molecule has 4 rings (SSSR count). The van der Waals surface area contributed by atoms with Crippen LogP contribution in [-0.2, 0) is 20.8 Å². The fraction of sp³-hybridized carbons (Fsp3) is 0.400. The molecular formula is C25H29N3O3. The van der Waals surface area contributed by atoms with E-state index in [0.717, 1.165) is 16.7 Å². The molecule has 162 valence electrons. The van der Waals surface area contributed by atoms with Gasteiger partial charge in [0, 0.05) is 32.5 Å². The molecule has 0 spiro atoms. The van der Waals surface area contributed by atoms with E-state index in [0.29, 0.717) is 38.9 Å². The van der Waals surface area contributed by atoms with Crippen LogP contribution in [0.15, 0.2) is 48.5 Å². The molecule has 2 aromatic carbocycles. The summed E-state index contributed by atoms with van der Waals surface area (Å²) in [5, 5.41) is 2.76. The van der Waals surface area contributed by atoms with E-state index < -0.39 is 12.1 Å². The first-order valence-electron chi connectivity index (χ1n) is 11.0. The van der Waals surface area contributed by atoms with E-state index in [9.17, 15) is 14.4 Å². The molecule has 3 amide bonds. The Bertz CT molecular complexity index is 1000. The van der Waals surface area contributed by atoms with Gasteiger partial charge in [-0.2, -0.15) is 0 Å². The van der Waals surface area contributed by atoms with Gasteiger partial charge in [-0.25, -0.2) is 0 Å². The largest absolute Gasteiger partial charge is 0.344 e. The van der Waals surface area contributed by atoms with Gasteiger partial charge in [-0.1, -0.05) is 54.1 Å². The summed E-state index contributed by atoms with van der Waals surface area (Å²) in [6, 6.07) is 15.3. The first kappa shape index (κ1) is 21.1. The van der Waals surface area contributed by atoms with Crippen molar-refractivity contribution in [1.82, 2.24) is 15.1 Å². The Morgan fingerprint density at radius 2 is 1.90 bits per heavy atom. The summed E-state index contributed by atoms with van der Waals surface area (Å²) >= 11 is 0. The maximum atomic E-state index is 13.3. The Balaban J connectivity index is 1.66. The fourth-order valence-corrected chi connectivity index (χ4v) is 4.61. The molecule has 2 aliphatic rings. The van der Waals surface area contributed by atoms with Gasteiger partial charge in [-0.15, -0.1) is 0 Å². The predicted molar refractivity (Wildman–Crippen MR) is 119 cm³/mol. The van der Waals surface area contributed by atoms with Crippen LogP contribution in [0.2, 0.25) is 0 Å². The smallest absolute Gasteiger partial charge is 0.245 e. The predicted octanol–water partition coefficient (Wildman–Crippen LogP) is 2.54. The molecule has 0 aliphatic carbocycles. The van der Waals surface area contributed by atoms with Crippen LogP contribution in [0, 0.1) is 6.92 Å². The Hall–Kier alpha value is -3.15.